The fourth-order valence-corrected chi connectivity index (χ4v) is 21.3. The fraction of sp³-hybridized carbons (Fsp3) is 0.297. The van der Waals surface area contributed by atoms with Crippen LogP contribution in [0.1, 0.15) is 82.7 Å². The second-order valence-corrected chi connectivity index (χ2v) is 33.5. The summed E-state index contributed by atoms with van der Waals surface area (Å²) < 4.78 is 1.12. The molecular weight excluding hydrogens is 591 g/mol. The van der Waals surface area contributed by atoms with Gasteiger partial charge in [0.1, 0.15) is 0 Å². The van der Waals surface area contributed by atoms with Gasteiger partial charge in [0, 0.05) is 0 Å². The molecule has 4 heteroatoms. The van der Waals surface area contributed by atoms with Crippen molar-refractivity contribution < 1.29 is 14.0 Å². The van der Waals surface area contributed by atoms with E-state index in [2.05, 4.69) is 137 Å². The number of halogens is 2. The first kappa shape index (κ1) is 32.1. The van der Waals surface area contributed by atoms with Gasteiger partial charge in [0.2, 0.25) is 0 Å². The number of fused-ring (bicyclic) bond motifs is 3. The van der Waals surface area contributed by atoms with Crippen molar-refractivity contribution in [2.45, 2.75) is 65.4 Å². The fourth-order valence-electron chi connectivity index (χ4n) is 8.17. The average molecular weight is 636 g/mol. The predicted octanol–water partition coefficient (Wildman–Crippen LogP) is 11.2. The van der Waals surface area contributed by atoms with Gasteiger partial charge in [-0.3, -0.25) is 0 Å². The van der Waals surface area contributed by atoms with Crippen LogP contribution in [-0.2, 0) is 14.0 Å². The second-order valence-electron chi connectivity index (χ2n) is 13.3. The first-order valence-corrected chi connectivity index (χ1v) is 23.8. The zero-order chi connectivity index (χ0) is 27.6. The van der Waals surface area contributed by atoms with Crippen LogP contribution in [0.15, 0.2) is 90.0 Å². The van der Waals surface area contributed by atoms with Gasteiger partial charge in [-0.25, -0.2) is 0 Å². The Labute approximate surface area is 262 Å². The summed E-state index contributed by atoms with van der Waals surface area (Å²) in [5.41, 5.74) is 13.8. The molecule has 4 aromatic rings. The molecule has 214 valence electrons. The topological polar surface area (TPSA) is 0 Å². The minimum atomic E-state index is -3.27. The van der Waals surface area contributed by atoms with Gasteiger partial charge in [0.15, 0.2) is 0 Å². The Morgan fingerprint density at radius 3 is 1.80 bits per heavy atom. The van der Waals surface area contributed by atoms with Gasteiger partial charge in [-0.1, -0.05) is 0 Å². The molecule has 0 fully saturated rings. The minimum Gasteiger partial charge on any atom is -0.147 e. The molecule has 0 aromatic heterocycles. The van der Waals surface area contributed by atoms with Crippen LogP contribution in [-0.4, -0.2) is 7.63 Å². The molecular formula is C37H44Cl2SiTi. The summed E-state index contributed by atoms with van der Waals surface area (Å²) in [7, 11) is 2.45. The smallest absolute Gasteiger partial charge is 0.147 e. The summed E-state index contributed by atoms with van der Waals surface area (Å²) in [5.74, 6) is 0.543. The number of allylic oxidation sites excluding steroid dienone is 2. The summed E-state index contributed by atoms with van der Waals surface area (Å²) in [4.78, 5) is 0. The van der Waals surface area contributed by atoms with Crippen molar-refractivity contribution in [3.63, 3.8) is 0 Å². The molecule has 41 heavy (non-hydrogen) atoms. The molecule has 0 spiro atoms. The summed E-state index contributed by atoms with van der Waals surface area (Å²) >= 11 is -3.27. The Kier molecular flexibility index (Phi) is 9.12. The third-order valence-corrected chi connectivity index (χ3v) is 21.2. The van der Waals surface area contributed by atoms with Crippen LogP contribution in [0.25, 0.3) is 34.1 Å². The molecule has 0 aliphatic heterocycles. The molecule has 6 rings (SSSR count). The van der Waals surface area contributed by atoms with E-state index in [9.17, 15) is 0 Å². The van der Waals surface area contributed by atoms with E-state index in [1.807, 2.05) is 0 Å². The molecule has 0 saturated carbocycles. The van der Waals surface area contributed by atoms with Gasteiger partial charge in [-0.05, 0) is 0 Å². The van der Waals surface area contributed by atoms with E-state index in [1.54, 1.807) is 22.3 Å². The number of benzene rings is 4. The van der Waals surface area contributed by atoms with Crippen molar-refractivity contribution in [3.05, 3.63) is 118 Å². The van der Waals surface area contributed by atoms with Crippen molar-refractivity contribution in [1.29, 1.82) is 0 Å². The van der Waals surface area contributed by atoms with E-state index in [-0.39, 0.29) is 24.8 Å². The van der Waals surface area contributed by atoms with Gasteiger partial charge in [-0.2, -0.15) is 0 Å². The first-order valence-electron chi connectivity index (χ1n) is 14.9. The third kappa shape index (κ3) is 5.07. The van der Waals surface area contributed by atoms with Crippen LogP contribution >= 0.6 is 24.8 Å². The van der Waals surface area contributed by atoms with E-state index in [0.717, 1.165) is 12.8 Å². The maximum atomic E-state index is 2.76. The Hall–Kier alpha value is -1.87. The van der Waals surface area contributed by atoms with Gasteiger partial charge in [0.25, 0.3) is 0 Å². The number of hydrogen-bond donors (Lipinski definition) is 0. The molecule has 0 heterocycles. The quantitative estimate of drug-likeness (QED) is 0.185. The third-order valence-electron chi connectivity index (χ3n) is 9.75. The molecule has 0 amide bonds. The second kappa shape index (κ2) is 11.7. The molecule has 2 unspecified atom stereocenters. The summed E-state index contributed by atoms with van der Waals surface area (Å²) in [6.45, 7) is 9.45. The average Bonchev–Trinajstić information content (AvgIpc) is 3.52. The molecule has 0 radical (unpaired) electrons. The van der Waals surface area contributed by atoms with Crippen molar-refractivity contribution in [2.24, 2.45) is 0 Å². The van der Waals surface area contributed by atoms with E-state index in [4.69, 9.17) is 0 Å². The van der Waals surface area contributed by atoms with Crippen molar-refractivity contribution in [3.8, 4) is 11.1 Å². The van der Waals surface area contributed by atoms with Crippen LogP contribution in [0.3, 0.4) is 0 Å². The van der Waals surface area contributed by atoms with Crippen LogP contribution in [0.2, 0.25) is 10.5 Å². The zero-order valence-electron chi connectivity index (χ0n) is 25.3. The van der Waals surface area contributed by atoms with Crippen molar-refractivity contribution in [2.75, 3.05) is 0 Å². The number of rotatable bonds is 6. The Morgan fingerprint density at radius 2 is 1.17 bits per heavy atom. The van der Waals surface area contributed by atoms with E-state index < -0.39 is 14.0 Å². The van der Waals surface area contributed by atoms with E-state index in [0.29, 0.717) is 14.4 Å². The summed E-state index contributed by atoms with van der Waals surface area (Å²) in [6.07, 6.45) is 7.44. The van der Waals surface area contributed by atoms with Crippen molar-refractivity contribution in [1.82, 2.24) is 0 Å². The standard InChI is InChI=1S/C21H17.C14H17.2CH3.2ClH.H2Si.Ti/c1-2-15-13-17-9-6-12-20(21(17)14-15)19-11-5-8-16-7-3-4-10-18(16)19;1-4-11-8-12-6-5-7-13(10(2)3)14(12)9-11;;;;;;/h3-14H,2H2,1H3;5-10H,4H2,1-3H3;2*1H3;2*1H;1H2;. The molecule has 0 N–H and O–H groups in total. The van der Waals surface area contributed by atoms with Crippen LogP contribution < -0.4 is 0 Å². The Bertz CT molecular complexity index is 1750. The van der Waals surface area contributed by atoms with Gasteiger partial charge >= 0.3 is 239 Å². The van der Waals surface area contributed by atoms with Gasteiger partial charge in [0.05, 0.1) is 0 Å². The van der Waals surface area contributed by atoms with Crippen LogP contribution in [0.4, 0.5) is 0 Å². The molecule has 4 aromatic carbocycles. The minimum absolute atomic E-state index is 0. The normalized spacial score (nSPS) is 17.9. The maximum absolute atomic E-state index is 3.27. The van der Waals surface area contributed by atoms with Crippen LogP contribution in [0.5, 0.6) is 0 Å². The van der Waals surface area contributed by atoms with E-state index in [1.165, 1.54) is 38.6 Å². The molecule has 2 aliphatic carbocycles. The molecule has 0 saturated heterocycles. The SMILES string of the molecule is CCC1=Cc2c(-c3cccc4ccccc34)cccc2[CH]1[Ti]([CH3])([CH3])(=[SiH2])[CH]1C(CC)=Cc2c(C(C)C)cccc21.Cl.Cl. The zero-order valence-corrected chi connectivity index (χ0v) is 29.9. The maximum Gasteiger partial charge on any atom is -0.147 e. The van der Waals surface area contributed by atoms with Crippen LogP contribution in [0, 0.1) is 0 Å². The Morgan fingerprint density at radius 1 is 0.659 bits per heavy atom. The van der Waals surface area contributed by atoms with Gasteiger partial charge in [-0.15, -0.1) is 24.8 Å². The van der Waals surface area contributed by atoms with Crippen molar-refractivity contribution >= 4 is 55.4 Å². The van der Waals surface area contributed by atoms with Gasteiger partial charge < -0.3 is 0 Å². The molecule has 2 atom stereocenters. The monoisotopic (exact) mass is 634 g/mol. The predicted molar refractivity (Wildman–Crippen MR) is 187 cm³/mol. The number of hydrogen-bond acceptors (Lipinski definition) is 0. The first-order chi connectivity index (χ1) is 18.6. The summed E-state index contributed by atoms with van der Waals surface area (Å²) in [5, 5.41) is 8.18. The summed E-state index contributed by atoms with van der Waals surface area (Å²) in [6, 6.07) is 29.9. The Balaban J connectivity index is 0.00000194. The molecule has 0 bridgehead atoms. The molecule has 0 nitrogen and oxygen atoms in total. The van der Waals surface area contributed by atoms with E-state index >= 15 is 0 Å². The molecule has 2 aliphatic rings. The largest absolute Gasteiger partial charge is 0.147 e.